The predicted molar refractivity (Wildman–Crippen MR) is 109 cm³/mol. The summed E-state index contributed by atoms with van der Waals surface area (Å²) in [4.78, 5) is 21.5. The third kappa shape index (κ3) is 4.46. The summed E-state index contributed by atoms with van der Waals surface area (Å²) in [5.41, 5.74) is 1.64. The van der Waals surface area contributed by atoms with Gasteiger partial charge < -0.3 is 4.90 Å². The first kappa shape index (κ1) is 20.3. The summed E-state index contributed by atoms with van der Waals surface area (Å²) in [6, 6.07) is 14.7. The molecule has 2 heterocycles. The maximum absolute atomic E-state index is 13.1. The van der Waals surface area contributed by atoms with Crippen molar-refractivity contribution < 1.29 is 18.0 Å². The number of halogens is 3. The lowest BCUT2D eigenvalue weighted by Crippen LogP contribution is -2.35. The molecule has 0 N–H and O–H groups in total. The van der Waals surface area contributed by atoms with Crippen LogP contribution in [-0.2, 0) is 12.7 Å². The SMILES string of the molecule is O=C(c1ccnc2ccccc12)N1CCCN(Cc2ccc(C(F)(F)F)cc2)CC1. The number of hydrogen-bond acceptors (Lipinski definition) is 3. The number of para-hydroxylation sites is 1. The summed E-state index contributed by atoms with van der Waals surface area (Å²) in [7, 11) is 0. The van der Waals surface area contributed by atoms with E-state index in [1.807, 2.05) is 29.2 Å². The zero-order valence-corrected chi connectivity index (χ0v) is 16.4. The lowest BCUT2D eigenvalue weighted by Gasteiger charge is -2.22. The first-order chi connectivity index (χ1) is 14.4. The van der Waals surface area contributed by atoms with Crippen LogP contribution in [0.25, 0.3) is 10.9 Å². The fourth-order valence-electron chi connectivity index (χ4n) is 3.84. The van der Waals surface area contributed by atoms with E-state index in [4.69, 9.17) is 0 Å². The number of nitrogens with zero attached hydrogens (tertiary/aromatic N) is 3. The van der Waals surface area contributed by atoms with Crippen LogP contribution in [-0.4, -0.2) is 46.9 Å². The van der Waals surface area contributed by atoms with Crippen LogP contribution in [0.2, 0.25) is 0 Å². The summed E-state index contributed by atoms with van der Waals surface area (Å²) in [5, 5.41) is 0.843. The highest BCUT2D eigenvalue weighted by Crippen LogP contribution is 2.29. The lowest BCUT2D eigenvalue weighted by atomic mass is 10.1. The van der Waals surface area contributed by atoms with E-state index >= 15 is 0 Å². The van der Waals surface area contributed by atoms with Gasteiger partial charge in [0.05, 0.1) is 16.6 Å². The van der Waals surface area contributed by atoms with Crippen molar-refractivity contribution in [2.24, 2.45) is 0 Å². The van der Waals surface area contributed by atoms with Gasteiger partial charge in [-0.15, -0.1) is 0 Å². The molecule has 1 aliphatic rings. The Labute approximate surface area is 172 Å². The second-order valence-corrected chi connectivity index (χ2v) is 7.49. The Balaban J connectivity index is 1.42. The Bertz CT molecular complexity index is 1030. The van der Waals surface area contributed by atoms with Gasteiger partial charge in [-0.2, -0.15) is 13.2 Å². The molecule has 0 radical (unpaired) electrons. The quantitative estimate of drug-likeness (QED) is 0.630. The minimum atomic E-state index is -4.32. The largest absolute Gasteiger partial charge is 0.416 e. The van der Waals surface area contributed by atoms with Crippen LogP contribution in [0.3, 0.4) is 0 Å². The Morgan fingerprint density at radius 2 is 1.70 bits per heavy atom. The number of hydrogen-bond donors (Lipinski definition) is 0. The number of alkyl halides is 3. The van der Waals surface area contributed by atoms with Crippen molar-refractivity contribution in [2.75, 3.05) is 26.2 Å². The van der Waals surface area contributed by atoms with Crippen LogP contribution in [0.15, 0.2) is 60.8 Å². The zero-order chi connectivity index (χ0) is 21.1. The highest BCUT2D eigenvalue weighted by molar-refractivity contribution is 6.05. The molecule has 7 heteroatoms. The second-order valence-electron chi connectivity index (χ2n) is 7.49. The molecule has 0 bridgehead atoms. The Morgan fingerprint density at radius 3 is 2.47 bits per heavy atom. The lowest BCUT2D eigenvalue weighted by molar-refractivity contribution is -0.137. The van der Waals surface area contributed by atoms with E-state index in [0.29, 0.717) is 31.7 Å². The summed E-state index contributed by atoms with van der Waals surface area (Å²) in [6.45, 7) is 3.27. The molecule has 30 heavy (non-hydrogen) atoms. The van der Waals surface area contributed by atoms with Crippen LogP contribution in [0.5, 0.6) is 0 Å². The average Bonchev–Trinajstić information content (AvgIpc) is 2.98. The van der Waals surface area contributed by atoms with Crippen LogP contribution in [0, 0.1) is 0 Å². The average molecular weight is 413 g/mol. The number of carbonyl (C=O) groups excluding carboxylic acids is 1. The molecule has 0 unspecified atom stereocenters. The Hall–Kier alpha value is -2.93. The van der Waals surface area contributed by atoms with Crippen molar-refractivity contribution in [3.8, 4) is 0 Å². The fraction of sp³-hybridized carbons (Fsp3) is 0.304. The van der Waals surface area contributed by atoms with Gasteiger partial charge in [0.25, 0.3) is 5.91 Å². The van der Waals surface area contributed by atoms with E-state index in [9.17, 15) is 18.0 Å². The van der Waals surface area contributed by atoms with Gasteiger partial charge in [0, 0.05) is 44.3 Å². The molecule has 4 nitrogen and oxygen atoms in total. The number of aromatic nitrogens is 1. The standard InChI is InChI=1S/C23H22F3N3O/c24-23(25,26)18-8-6-17(7-9-18)16-28-12-3-13-29(15-14-28)22(30)20-10-11-27-21-5-2-1-4-19(20)21/h1-2,4-11H,3,12-16H2. The molecule has 0 aliphatic carbocycles. The van der Waals surface area contributed by atoms with E-state index < -0.39 is 11.7 Å². The highest BCUT2D eigenvalue weighted by Gasteiger charge is 2.30. The zero-order valence-electron chi connectivity index (χ0n) is 16.4. The van der Waals surface area contributed by atoms with Gasteiger partial charge >= 0.3 is 6.18 Å². The van der Waals surface area contributed by atoms with E-state index in [-0.39, 0.29) is 5.91 Å². The molecule has 1 aliphatic heterocycles. The summed E-state index contributed by atoms with van der Waals surface area (Å²) >= 11 is 0. The topological polar surface area (TPSA) is 36.4 Å². The molecule has 1 amide bonds. The molecule has 0 saturated carbocycles. The number of fused-ring (bicyclic) bond motifs is 1. The monoisotopic (exact) mass is 413 g/mol. The number of rotatable bonds is 3. The van der Waals surface area contributed by atoms with Crippen molar-refractivity contribution in [3.63, 3.8) is 0 Å². The molecule has 1 saturated heterocycles. The predicted octanol–water partition coefficient (Wildman–Crippen LogP) is 4.60. The van der Waals surface area contributed by atoms with Crippen molar-refractivity contribution >= 4 is 16.8 Å². The van der Waals surface area contributed by atoms with E-state index in [1.54, 1.807) is 12.3 Å². The molecule has 3 aromatic rings. The molecule has 0 atom stereocenters. The van der Waals surface area contributed by atoms with Gasteiger partial charge in [0.2, 0.25) is 0 Å². The maximum Gasteiger partial charge on any atom is 0.416 e. The first-order valence-corrected chi connectivity index (χ1v) is 9.93. The molecule has 1 aromatic heterocycles. The van der Waals surface area contributed by atoms with Crippen molar-refractivity contribution in [2.45, 2.75) is 19.1 Å². The third-order valence-corrected chi connectivity index (χ3v) is 5.44. The second kappa shape index (κ2) is 8.44. The molecular formula is C23H22F3N3O. The molecule has 156 valence electrons. The summed E-state index contributed by atoms with van der Waals surface area (Å²) < 4.78 is 38.2. The summed E-state index contributed by atoms with van der Waals surface area (Å²) in [6.07, 6.45) is -1.85. The normalized spacial score (nSPS) is 15.9. The van der Waals surface area contributed by atoms with Crippen molar-refractivity contribution in [1.29, 1.82) is 0 Å². The van der Waals surface area contributed by atoms with E-state index in [2.05, 4.69) is 9.88 Å². The van der Waals surface area contributed by atoms with Crippen LogP contribution in [0.4, 0.5) is 13.2 Å². The van der Waals surface area contributed by atoms with Crippen LogP contribution >= 0.6 is 0 Å². The first-order valence-electron chi connectivity index (χ1n) is 9.93. The van der Waals surface area contributed by atoms with Crippen LogP contribution in [0.1, 0.15) is 27.9 Å². The maximum atomic E-state index is 13.1. The van der Waals surface area contributed by atoms with Gasteiger partial charge in [-0.1, -0.05) is 30.3 Å². The summed E-state index contributed by atoms with van der Waals surface area (Å²) in [5.74, 6) is -0.00928. The van der Waals surface area contributed by atoms with Crippen molar-refractivity contribution in [3.05, 3.63) is 77.5 Å². The molecule has 2 aromatic carbocycles. The number of benzene rings is 2. The minimum Gasteiger partial charge on any atom is -0.337 e. The van der Waals surface area contributed by atoms with E-state index in [1.165, 1.54) is 12.1 Å². The Morgan fingerprint density at radius 1 is 0.933 bits per heavy atom. The number of carbonyl (C=O) groups is 1. The van der Waals surface area contributed by atoms with Gasteiger partial charge in [-0.05, 0) is 36.2 Å². The molecule has 1 fully saturated rings. The number of pyridine rings is 1. The van der Waals surface area contributed by atoms with Crippen molar-refractivity contribution in [1.82, 2.24) is 14.8 Å². The Kier molecular flexibility index (Phi) is 5.72. The number of amides is 1. The van der Waals surface area contributed by atoms with Gasteiger partial charge in [-0.25, -0.2) is 0 Å². The van der Waals surface area contributed by atoms with Gasteiger partial charge in [0.1, 0.15) is 0 Å². The van der Waals surface area contributed by atoms with Crippen LogP contribution < -0.4 is 0 Å². The third-order valence-electron chi connectivity index (χ3n) is 5.44. The smallest absolute Gasteiger partial charge is 0.337 e. The van der Waals surface area contributed by atoms with Gasteiger partial charge in [0.15, 0.2) is 0 Å². The molecule has 4 rings (SSSR count). The highest BCUT2D eigenvalue weighted by atomic mass is 19.4. The minimum absolute atomic E-state index is 0.00928. The van der Waals surface area contributed by atoms with E-state index in [0.717, 1.165) is 41.6 Å². The fourth-order valence-corrected chi connectivity index (χ4v) is 3.84. The molecule has 0 spiro atoms. The van der Waals surface area contributed by atoms with Gasteiger partial charge in [-0.3, -0.25) is 14.7 Å². The molecular weight excluding hydrogens is 391 g/mol.